The largest absolute Gasteiger partial charge is 0.354 e. The number of hydrogen-bond acceptors (Lipinski definition) is 4. The van der Waals surface area contributed by atoms with Crippen LogP contribution in [0.2, 0.25) is 5.02 Å². The molecule has 0 bridgehead atoms. The summed E-state index contributed by atoms with van der Waals surface area (Å²) in [6, 6.07) is 3.74. The molecule has 1 rings (SSSR count). The van der Waals surface area contributed by atoms with Crippen LogP contribution in [0.5, 0.6) is 0 Å². The lowest BCUT2D eigenvalue weighted by atomic mass is 10.2. The average Bonchev–Trinajstić information content (AvgIpc) is 2.34. The number of hydrogen-bond donors (Lipinski definition) is 0. The van der Waals surface area contributed by atoms with Crippen molar-refractivity contribution >= 4 is 17.4 Å². The number of nitrogens with zero attached hydrogens (tertiary/aromatic N) is 4. The smallest absolute Gasteiger partial charge is 0.148 e. The van der Waals surface area contributed by atoms with Crippen molar-refractivity contribution in [1.29, 1.82) is 5.26 Å². The summed E-state index contributed by atoms with van der Waals surface area (Å²) in [4.78, 5) is 8.61. The molecule has 104 valence electrons. The molecule has 0 aliphatic heterocycles. The van der Waals surface area contributed by atoms with E-state index in [9.17, 15) is 0 Å². The molecule has 5 heteroatoms. The molecule has 0 saturated carbocycles. The van der Waals surface area contributed by atoms with Crippen LogP contribution in [0.1, 0.15) is 19.4 Å². The van der Waals surface area contributed by atoms with E-state index in [-0.39, 0.29) is 0 Å². The van der Waals surface area contributed by atoms with E-state index >= 15 is 0 Å². The van der Waals surface area contributed by atoms with E-state index < -0.39 is 0 Å². The molecule has 1 heterocycles. The van der Waals surface area contributed by atoms with Gasteiger partial charge in [0.2, 0.25) is 0 Å². The predicted molar refractivity (Wildman–Crippen MR) is 79.6 cm³/mol. The molecule has 0 spiro atoms. The second kappa shape index (κ2) is 7.32. The first kappa shape index (κ1) is 15.7. The monoisotopic (exact) mass is 280 g/mol. The number of pyridine rings is 1. The minimum atomic E-state index is 0.449. The van der Waals surface area contributed by atoms with Gasteiger partial charge in [-0.25, -0.2) is 4.98 Å². The van der Waals surface area contributed by atoms with E-state index in [0.29, 0.717) is 22.3 Å². The summed E-state index contributed by atoms with van der Waals surface area (Å²) >= 11 is 6.26. The molecule has 0 fully saturated rings. The Hall–Kier alpha value is -1.31. The number of rotatable bonds is 6. The molecule has 19 heavy (non-hydrogen) atoms. The van der Waals surface area contributed by atoms with E-state index in [2.05, 4.69) is 34.7 Å². The van der Waals surface area contributed by atoms with Crippen LogP contribution in [0.3, 0.4) is 0 Å². The molecule has 0 atom stereocenters. The summed E-state index contributed by atoms with van der Waals surface area (Å²) < 4.78 is 0. The Kier molecular flexibility index (Phi) is 6.07. The van der Waals surface area contributed by atoms with Crippen LogP contribution in [-0.4, -0.2) is 43.6 Å². The molecule has 0 aromatic carbocycles. The first-order valence-electron chi connectivity index (χ1n) is 6.40. The zero-order valence-corrected chi connectivity index (χ0v) is 12.8. The minimum absolute atomic E-state index is 0.449. The van der Waals surface area contributed by atoms with Crippen molar-refractivity contribution in [2.75, 3.05) is 38.6 Å². The van der Waals surface area contributed by atoms with Crippen LogP contribution in [-0.2, 0) is 0 Å². The molecule has 0 unspecified atom stereocenters. The van der Waals surface area contributed by atoms with Crippen LogP contribution in [0.15, 0.2) is 12.3 Å². The van der Waals surface area contributed by atoms with Crippen LogP contribution in [0, 0.1) is 17.2 Å². The van der Waals surface area contributed by atoms with Gasteiger partial charge in [0.15, 0.2) is 0 Å². The van der Waals surface area contributed by atoms with Gasteiger partial charge in [-0.15, -0.1) is 0 Å². The van der Waals surface area contributed by atoms with E-state index in [0.717, 1.165) is 19.6 Å². The normalized spacial score (nSPS) is 10.8. The van der Waals surface area contributed by atoms with Gasteiger partial charge in [-0.05, 0) is 26.1 Å². The Morgan fingerprint density at radius 3 is 2.58 bits per heavy atom. The maximum absolute atomic E-state index is 9.04. The molecule has 0 aliphatic rings. The van der Waals surface area contributed by atoms with Gasteiger partial charge in [0.05, 0.1) is 5.56 Å². The standard InChI is InChI=1S/C14H21ClN4/c1-11(2)10-19(8-7-18(3)4)14-13(15)12(9-16)5-6-17-14/h5-6,11H,7-8,10H2,1-4H3. The van der Waals surface area contributed by atoms with E-state index in [4.69, 9.17) is 16.9 Å². The van der Waals surface area contributed by atoms with Crippen molar-refractivity contribution < 1.29 is 0 Å². The highest BCUT2D eigenvalue weighted by Gasteiger charge is 2.16. The van der Waals surface area contributed by atoms with Gasteiger partial charge in [-0.3, -0.25) is 0 Å². The molecule has 0 radical (unpaired) electrons. The molecule has 0 amide bonds. The van der Waals surface area contributed by atoms with Gasteiger partial charge >= 0.3 is 0 Å². The van der Waals surface area contributed by atoms with Gasteiger partial charge in [0, 0.05) is 25.8 Å². The zero-order valence-electron chi connectivity index (χ0n) is 12.0. The maximum Gasteiger partial charge on any atom is 0.148 e. The first-order valence-corrected chi connectivity index (χ1v) is 6.77. The van der Waals surface area contributed by atoms with Crippen LogP contribution in [0.4, 0.5) is 5.82 Å². The van der Waals surface area contributed by atoms with Crippen molar-refractivity contribution in [2.45, 2.75) is 13.8 Å². The summed E-state index contributed by atoms with van der Waals surface area (Å²) in [5, 5.41) is 9.48. The first-order chi connectivity index (χ1) is 8.95. The molecule has 0 saturated heterocycles. The molecular formula is C14H21ClN4. The second-order valence-electron chi connectivity index (χ2n) is 5.25. The Balaban J connectivity index is 3.00. The Morgan fingerprint density at radius 2 is 2.05 bits per heavy atom. The minimum Gasteiger partial charge on any atom is -0.354 e. The lowest BCUT2D eigenvalue weighted by Crippen LogP contribution is -2.35. The fourth-order valence-electron chi connectivity index (χ4n) is 1.78. The van der Waals surface area contributed by atoms with E-state index in [1.807, 2.05) is 14.1 Å². The average molecular weight is 281 g/mol. The summed E-state index contributed by atoms with van der Waals surface area (Å²) in [6.07, 6.45) is 1.64. The van der Waals surface area contributed by atoms with Gasteiger partial charge in [0.25, 0.3) is 0 Å². The summed E-state index contributed by atoms with van der Waals surface area (Å²) in [5.41, 5.74) is 0.477. The van der Waals surface area contributed by atoms with Gasteiger partial charge in [0.1, 0.15) is 16.9 Å². The fraction of sp³-hybridized carbons (Fsp3) is 0.571. The topological polar surface area (TPSA) is 43.2 Å². The summed E-state index contributed by atoms with van der Waals surface area (Å²) in [5.74, 6) is 1.21. The Morgan fingerprint density at radius 1 is 1.37 bits per heavy atom. The predicted octanol–water partition coefficient (Wildman–Crippen LogP) is 2.63. The van der Waals surface area contributed by atoms with Gasteiger partial charge < -0.3 is 9.80 Å². The quantitative estimate of drug-likeness (QED) is 0.803. The summed E-state index contributed by atoms with van der Waals surface area (Å²) in [7, 11) is 4.07. The van der Waals surface area contributed by atoms with Crippen molar-refractivity contribution in [3.8, 4) is 6.07 Å². The number of aromatic nitrogens is 1. The Labute approximate surface area is 120 Å². The SMILES string of the molecule is CC(C)CN(CCN(C)C)c1nccc(C#N)c1Cl. The fourth-order valence-corrected chi connectivity index (χ4v) is 2.06. The van der Waals surface area contributed by atoms with Crippen LogP contribution >= 0.6 is 11.6 Å². The van der Waals surface area contributed by atoms with Crippen molar-refractivity contribution in [3.05, 3.63) is 22.8 Å². The Bertz CT molecular complexity index is 451. The van der Waals surface area contributed by atoms with E-state index in [1.165, 1.54) is 0 Å². The van der Waals surface area contributed by atoms with Crippen LogP contribution < -0.4 is 4.90 Å². The number of likely N-dealkylation sites (N-methyl/N-ethyl adjacent to an activating group) is 1. The van der Waals surface area contributed by atoms with Gasteiger partial charge in [-0.1, -0.05) is 25.4 Å². The third-order valence-electron chi connectivity index (χ3n) is 2.69. The lowest BCUT2D eigenvalue weighted by Gasteiger charge is -2.27. The highest BCUT2D eigenvalue weighted by Crippen LogP contribution is 2.26. The maximum atomic E-state index is 9.04. The lowest BCUT2D eigenvalue weighted by molar-refractivity contribution is 0.408. The molecule has 1 aromatic heterocycles. The number of nitriles is 1. The van der Waals surface area contributed by atoms with Crippen molar-refractivity contribution in [3.63, 3.8) is 0 Å². The van der Waals surface area contributed by atoms with Crippen molar-refractivity contribution in [1.82, 2.24) is 9.88 Å². The van der Waals surface area contributed by atoms with Crippen LogP contribution in [0.25, 0.3) is 0 Å². The van der Waals surface area contributed by atoms with Crippen molar-refractivity contribution in [2.24, 2.45) is 5.92 Å². The molecule has 0 N–H and O–H groups in total. The zero-order chi connectivity index (χ0) is 14.4. The van der Waals surface area contributed by atoms with E-state index in [1.54, 1.807) is 12.3 Å². The third-order valence-corrected chi connectivity index (χ3v) is 3.07. The summed E-state index contributed by atoms with van der Waals surface area (Å²) in [6.45, 7) is 6.94. The number of anilines is 1. The highest BCUT2D eigenvalue weighted by molar-refractivity contribution is 6.34. The molecule has 0 aliphatic carbocycles. The third kappa shape index (κ3) is 4.70. The van der Waals surface area contributed by atoms with Gasteiger partial charge in [-0.2, -0.15) is 5.26 Å². The molecule has 4 nitrogen and oxygen atoms in total. The molecule has 1 aromatic rings. The second-order valence-corrected chi connectivity index (χ2v) is 5.63. The number of halogens is 1. The molecular weight excluding hydrogens is 260 g/mol. The highest BCUT2D eigenvalue weighted by atomic mass is 35.5.